The molecule has 7 nitrogen and oxygen atoms in total. The lowest BCUT2D eigenvalue weighted by molar-refractivity contribution is -0.116. The largest absolute Gasteiger partial charge is 0.309 e. The number of hydrogen-bond acceptors (Lipinski definition) is 5. The van der Waals surface area contributed by atoms with E-state index in [1.54, 1.807) is 16.7 Å². The van der Waals surface area contributed by atoms with E-state index in [1.807, 2.05) is 57.8 Å². The fourth-order valence-electron chi connectivity index (χ4n) is 4.80. The summed E-state index contributed by atoms with van der Waals surface area (Å²) < 4.78 is 3.43. The average molecular weight is 474 g/mol. The Morgan fingerprint density at radius 2 is 1.79 bits per heavy atom. The molecule has 1 aliphatic carbocycles. The number of allylic oxidation sites excluding steroid dienone is 1. The Kier molecular flexibility index (Phi) is 6.49. The van der Waals surface area contributed by atoms with Crippen molar-refractivity contribution in [3.8, 4) is 0 Å². The van der Waals surface area contributed by atoms with Gasteiger partial charge in [0.15, 0.2) is 5.16 Å². The third kappa shape index (κ3) is 4.14. The minimum absolute atomic E-state index is 0.0589. The van der Waals surface area contributed by atoms with Gasteiger partial charge in [0.05, 0.1) is 16.7 Å². The molecule has 0 radical (unpaired) electrons. The zero-order chi connectivity index (χ0) is 23.5. The van der Waals surface area contributed by atoms with Crippen LogP contribution < -0.4 is 10.5 Å². The van der Waals surface area contributed by atoms with Crippen LogP contribution in [-0.2, 0) is 11.3 Å². The molecule has 34 heavy (non-hydrogen) atoms. The first-order valence-electron chi connectivity index (χ1n) is 11.7. The van der Waals surface area contributed by atoms with Gasteiger partial charge in [0.25, 0.3) is 5.56 Å². The number of benzene rings is 2. The second kappa shape index (κ2) is 9.85. The molecule has 1 aliphatic rings. The Bertz CT molecular complexity index is 1390. The van der Waals surface area contributed by atoms with Crippen molar-refractivity contribution in [1.29, 1.82) is 0 Å². The number of amides is 1. The number of anilines is 1. The van der Waals surface area contributed by atoms with E-state index in [-0.39, 0.29) is 23.3 Å². The normalized spacial score (nSPS) is 14.5. The maximum Gasteiger partial charge on any atom is 0.263 e. The van der Waals surface area contributed by atoms with Crippen molar-refractivity contribution in [2.75, 3.05) is 10.7 Å². The predicted molar refractivity (Wildman–Crippen MR) is 136 cm³/mol. The third-order valence-electron chi connectivity index (χ3n) is 6.36. The molecule has 5 rings (SSSR count). The van der Waals surface area contributed by atoms with E-state index in [9.17, 15) is 9.59 Å². The summed E-state index contributed by atoms with van der Waals surface area (Å²) in [6.07, 6.45) is 7.25. The van der Waals surface area contributed by atoms with Gasteiger partial charge in [0.2, 0.25) is 11.7 Å². The number of para-hydroxylation sites is 2. The van der Waals surface area contributed by atoms with E-state index in [2.05, 4.69) is 16.8 Å². The van der Waals surface area contributed by atoms with Gasteiger partial charge in [-0.1, -0.05) is 67.4 Å². The highest BCUT2D eigenvalue weighted by Crippen LogP contribution is 2.29. The van der Waals surface area contributed by atoms with Crippen molar-refractivity contribution in [3.05, 3.63) is 77.6 Å². The monoisotopic (exact) mass is 473 g/mol. The predicted octanol–water partition coefficient (Wildman–Crippen LogP) is 4.69. The molecule has 8 heteroatoms. The summed E-state index contributed by atoms with van der Waals surface area (Å²) in [7, 11) is 0. The molecule has 0 bridgehead atoms. The van der Waals surface area contributed by atoms with E-state index < -0.39 is 0 Å². The van der Waals surface area contributed by atoms with Crippen LogP contribution in [-0.4, -0.2) is 36.9 Å². The van der Waals surface area contributed by atoms with Crippen LogP contribution in [0.3, 0.4) is 0 Å². The summed E-state index contributed by atoms with van der Waals surface area (Å²) in [5.41, 5.74) is 1.54. The first kappa shape index (κ1) is 22.4. The summed E-state index contributed by atoms with van der Waals surface area (Å²) in [5, 5.41) is 9.83. The number of aromatic nitrogens is 4. The summed E-state index contributed by atoms with van der Waals surface area (Å²) in [6, 6.07) is 17.6. The van der Waals surface area contributed by atoms with Crippen LogP contribution >= 0.6 is 11.8 Å². The zero-order valence-corrected chi connectivity index (χ0v) is 19.8. The average Bonchev–Trinajstić information content (AvgIpc) is 3.31. The highest BCUT2D eigenvalue weighted by atomic mass is 32.2. The summed E-state index contributed by atoms with van der Waals surface area (Å²) >= 11 is 1.36. The lowest BCUT2D eigenvalue weighted by Crippen LogP contribution is -2.42. The lowest BCUT2D eigenvalue weighted by Gasteiger charge is -2.34. The molecule has 4 aromatic rings. The quantitative estimate of drug-likeness (QED) is 0.288. The first-order chi connectivity index (χ1) is 16.7. The highest BCUT2D eigenvalue weighted by Gasteiger charge is 2.27. The highest BCUT2D eigenvalue weighted by molar-refractivity contribution is 7.99. The van der Waals surface area contributed by atoms with Crippen molar-refractivity contribution in [2.24, 2.45) is 0 Å². The molecule has 2 aromatic carbocycles. The van der Waals surface area contributed by atoms with Gasteiger partial charge in [-0.25, -0.2) is 0 Å². The molecule has 0 unspecified atom stereocenters. The van der Waals surface area contributed by atoms with Crippen molar-refractivity contribution in [2.45, 2.75) is 49.8 Å². The van der Waals surface area contributed by atoms with Crippen molar-refractivity contribution < 1.29 is 4.79 Å². The topological polar surface area (TPSA) is 72.5 Å². The number of carbonyl (C=O) groups excluding carboxylic acids is 1. The molecular formula is C26H27N5O2S. The summed E-state index contributed by atoms with van der Waals surface area (Å²) in [6.45, 7) is 4.10. The fraction of sp³-hybridized carbons (Fsp3) is 0.308. The Morgan fingerprint density at radius 1 is 1.06 bits per heavy atom. The standard InChI is InChI=1S/C26H27N5O2S/c1-2-17-29-24(33)21-15-9-10-16-22(21)31-25(29)27-28-26(31)34-18-23(32)30(19-11-5-3-6-12-19)20-13-7-4-8-14-20/h2-3,5-6,9-12,15-16,20H,1,4,7-8,13-14,17-18H2. The van der Waals surface area contributed by atoms with Gasteiger partial charge in [-0.3, -0.25) is 18.6 Å². The summed E-state index contributed by atoms with van der Waals surface area (Å²) in [5.74, 6) is 0.746. The van der Waals surface area contributed by atoms with E-state index in [4.69, 9.17) is 0 Å². The number of hydrogen-bond donors (Lipinski definition) is 0. The van der Waals surface area contributed by atoms with E-state index >= 15 is 0 Å². The maximum absolute atomic E-state index is 13.5. The van der Waals surface area contributed by atoms with Gasteiger partial charge in [-0.15, -0.1) is 16.8 Å². The molecule has 0 N–H and O–H groups in total. The van der Waals surface area contributed by atoms with Crippen LogP contribution in [0.25, 0.3) is 16.7 Å². The second-order valence-electron chi connectivity index (χ2n) is 8.52. The van der Waals surface area contributed by atoms with Crippen LogP contribution in [0.4, 0.5) is 5.69 Å². The van der Waals surface area contributed by atoms with Gasteiger partial charge >= 0.3 is 0 Å². The third-order valence-corrected chi connectivity index (χ3v) is 7.27. The zero-order valence-electron chi connectivity index (χ0n) is 19.0. The molecular weight excluding hydrogens is 446 g/mol. The minimum Gasteiger partial charge on any atom is -0.309 e. The van der Waals surface area contributed by atoms with Crippen LogP contribution in [0.5, 0.6) is 0 Å². The molecule has 0 saturated heterocycles. The molecule has 1 fully saturated rings. The maximum atomic E-state index is 13.5. The SMILES string of the molecule is C=CCn1c(=O)c2ccccc2n2c(SCC(=O)N(c3ccccc3)C3CCCCC3)nnc12. The van der Waals surface area contributed by atoms with Crippen molar-refractivity contribution in [3.63, 3.8) is 0 Å². The number of nitrogens with zero attached hydrogens (tertiary/aromatic N) is 5. The second-order valence-corrected chi connectivity index (χ2v) is 9.46. The number of fused-ring (bicyclic) bond motifs is 3. The number of rotatable bonds is 7. The number of thioether (sulfide) groups is 1. The van der Waals surface area contributed by atoms with Crippen LogP contribution in [0, 0.1) is 0 Å². The van der Waals surface area contributed by atoms with Crippen LogP contribution in [0.1, 0.15) is 32.1 Å². The van der Waals surface area contributed by atoms with Crippen molar-refractivity contribution in [1.82, 2.24) is 19.2 Å². The number of carbonyl (C=O) groups is 1. The molecule has 2 aromatic heterocycles. The summed E-state index contributed by atoms with van der Waals surface area (Å²) in [4.78, 5) is 28.5. The van der Waals surface area contributed by atoms with E-state index in [0.29, 0.717) is 22.9 Å². The molecule has 1 amide bonds. The van der Waals surface area contributed by atoms with Crippen LogP contribution in [0.2, 0.25) is 0 Å². The fourth-order valence-corrected chi connectivity index (χ4v) is 5.60. The van der Waals surface area contributed by atoms with Gasteiger partial charge in [0, 0.05) is 18.3 Å². The molecule has 0 spiro atoms. The molecule has 1 saturated carbocycles. The lowest BCUT2D eigenvalue weighted by atomic mass is 9.93. The van der Waals surface area contributed by atoms with Crippen molar-refractivity contribution >= 4 is 40.0 Å². The van der Waals surface area contributed by atoms with Gasteiger partial charge in [0.1, 0.15) is 0 Å². The Hall–Kier alpha value is -3.39. The molecule has 174 valence electrons. The van der Waals surface area contributed by atoms with Gasteiger partial charge in [-0.05, 0) is 37.1 Å². The Balaban J connectivity index is 1.49. The van der Waals surface area contributed by atoms with E-state index in [1.165, 1.54) is 18.2 Å². The molecule has 0 atom stereocenters. The minimum atomic E-state index is -0.129. The van der Waals surface area contributed by atoms with Gasteiger partial charge < -0.3 is 4.90 Å². The van der Waals surface area contributed by atoms with Gasteiger partial charge in [-0.2, -0.15) is 0 Å². The van der Waals surface area contributed by atoms with Crippen LogP contribution in [0.15, 0.2) is 77.2 Å². The molecule has 2 heterocycles. The Labute approximate surface area is 202 Å². The Morgan fingerprint density at radius 3 is 2.56 bits per heavy atom. The first-order valence-corrected chi connectivity index (χ1v) is 12.6. The smallest absolute Gasteiger partial charge is 0.263 e. The van der Waals surface area contributed by atoms with E-state index in [0.717, 1.165) is 36.9 Å². The molecule has 0 aliphatic heterocycles.